The highest BCUT2D eigenvalue weighted by atomic mass is 16.5. The van der Waals surface area contributed by atoms with Crippen molar-refractivity contribution < 1.29 is 9.53 Å². The third-order valence-electron chi connectivity index (χ3n) is 5.69. The van der Waals surface area contributed by atoms with Crippen LogP contribution >= 0.6 is 0 Å². The van der Waals surface area contributed by atoms with Crippen LogP contribution in [-0.4, -0.2) is 55.2 Å². The maximum Gasteiger partial charge on any atom is 0.241 e. The number of amides is 1. The molecule has 3 N–H and O–H groups in total. The lowest BCUT2D eigenvalue weighted by Crippen LogP contribution is -2.82. The number of nitrogens with zero attached hydrogens (tertiary/aromatic N) is 1. The fraction of sp³-hybridized carbons (Fsp3) is 0.938. The maximum atomic E-state index is 12.7. The van der Waals surface area contributed by atoms with E-state index in [-0.39, 0.29) is 23.3 Å². The average molecular weight is 297 g/mol. The fourth-order valence-corrected chi connectivity index (χ4v) is 3.79. The number of carbonyl (C=O) groups excluding carboxylic acids is 1. The van der Waals surface area contributed by atoms with Crippen molar-refractivity contribution in [3.63, 3.8) is 0 Å². The summed E-state index contributed by atoms with van der Waals surface area (Å²) in [6.07, 6.45) is 2.11. The zero-order valence-electron chi connectivity index (χ0n) is 14.1. The van der Waals surface area contributed by atoms with Gasteiger partial charge in [-0.05, 0) is 33.7 Å². The lowest BCUT2D eigenvalue weighted by molar-refractivity contribution is -0.225. The van der Waals surface area contributed by atoms with Gasteiger partial charge in [-0.1, -0.05) is 13.8 Å². The molecule has 1 aliphatic carbocycles. The predicted octanol–water partition coefficient (Wildman–Crippen LogP) is 0.975. The van der Waals surface area contributed by atoms with Crippen molar-refractivity contribution >= 4 is 5.91 Å². The molecule has 3 unspecified atom stereocenters. The van der Waals surface area contributed by atoms with E-state index in [2.05, 4.69) is 45.0 Å². The summed E-state index contributed by atoms with van der Waals surface area (Å²) in [6, 6.07) is 0.477. The van der Waals surface area contributed by atoms with E-state index in [1.54, 1.807) is 0 Å². The summed E-state index contributed by atoms with van der Waals surface area (Å²) in [7, 11) is 2.06. The van der Waals surface area contributed by atoms with Gasteiger partial charge in [-0.25, -0.2) is 0 Å². The Bertz CT molecular complexity index is 397. The third-order valence-corrected chi connectivity index (χ3v) is 5.69. The summed E-state index contributed by atoms with van der Waals surface area (Å²) in [5.41, 5.74) is 5.45. The summed E-state index contributed by atoms with van der Waals surface area (Å²) in [5, 5.41) is 3.04. The number of nitrogens with two attached hydrogens (primary N) is 1. The average Bonchev–Trinajstić information content (AvgIpc) is 2.45. The first-order valence-electron chi connectivity index (χ1n) is 8.12. The molecule has 2 rings (SSSR count). The van der Waals surface area contributed by atoms with E-state index in [9.17, 15) is 4.79 Å². The largest absolute Gasteiger partial charge is 0.377 e. The first kappa shape index (κ1) is 16.7. The number of hydrogen-bond acceptors (Lipinski definition) is 4. The van der Waals surface area contributed by atoms with Gasteiger partial charge < -0.3 is 20.7 Å². The van der Waals surface area contributed by atoms with Gasteiger partial charge >= 0.3 is 0 Å². The van der Waals surface area contributed by atoms with Gasteiger partial charge in [0.05, 0.1) is 6.10 Å². The highest BCUT2D eigenvalue weighted by Gasteiger charge is 2.70. The van der Waals surface area contributed by atoms with Crippen LogP contribution < -0.4 is 11.1 Å². The van der Waals surface area contributed by atoms with Gasteiger partial charge in [0, 0.05) is 37.1 Å². The summed E-state index contributed by atoms with van der Waals surface area (Å²) in [6.45, 7) is 10.7. The normalized spacial score (nSPS) is 34.5. The van der Waals surface area contributed by atoms with Crippen LogP contribution in [0.2, 0.25) is 0 Å². The van der Waals surface area contributed by atoms with E-state index >= 15 is 0 Å². The Morgan fingerprint density at radius 2 is 2.14 bits per heavy atom. The monoisotopic (exact) mass is 297 g/mol. The van der Waals surface area contributed by atoms with Crippen LogP contribution in [0.15, 0.2) is 0 Å². The van der Waals surface area contributed by atoms with Crippen molar-refractivity contribution in [1.29, 1.82) is 0 Å². The Morgan fingerprint density at radius 1 is 1.48 bits per heavy atom. The molecule has 2 aliphatic rings. The molecule has 0 aromatic carbocycles. The fourth-order valence-electron chi connectivity index (χ4n) is 3.79. The Kier molecular flexibility index (Phi) is 4.66. The number of hydrogen-bond donors (Lipinski definition) is 2. The molecule has 0 radical (unpaired) electrons. The van der Waals surface area contributed by atoms with E-state index in [1.807, 2.05) is 0 Å². The van der Waals surface area contributed by atoms with Gasteiger partial charge in [-0.15, -0.1) is 0 Å². The molecule has 0 aromatic rings. The van der Waals surface area contributed by atoms with E-state index in [0.717, 1.165) is 26.0 Å². The van der Waals surface area contributed by atoms with Gasteiger partial charge in [-0.3, -0.25) is 4.79 Å². The Balaban J connectivity index is 1.94. The number of carbonyl (C=O) groups is 1. The molecular formula is C16H31N3O2. The van der Waals surface area contributed by atoms with Gasteiger partial charge in [0.1, 0.15) is 5.54 Å². The van der Waals surface area contributed by atoms with Crippen LogP contribution in [0.3, 0.4) is 0 Å². The predicted molar refractivity (Wildman–Crippen MR) is 83.9 cm³/mol. The van der Waals surface area contributed by atoms with Crippen LogP contribution in [0.25, 0.3) is 0 Å². The lowest BCUT2D eigenvalue weighted by atomic mass is 9.46. The van der Waals surface area contributed by atoms with E-state index in [1.165, 1.54) is 0 Å². The quantitative estimate of drug-likeness (QED) is 0.794. The summed E-state index contributed by atoms with van der Waals surface area (Å²) < 4.78 is 5.84. The van der Waals surface area contributed by atoms with Crippen LogP contribution in [0, 0.1) is 11.3 Å². The molecule has 0 aromatic heterocycles. The summed E-state index contributed by atoms with van der Waals surface area (Å²) in [5.74, 6) is 0.139. The number of fused-ring (bicyclic) bond motifs is 1. The second-order valence-electron chi connectivity index (χ2n) is 7.46. The molecule has 5 nitrogen and oxygen atoms in total. The van der Waals surface area contributed by atoms with Crippen molar-refractivity contribution in [2.24, 2.45) is 17.1 Å². The molecule has 0 spiro atoms. The highest BCUT2D eigenvalue weighted by Crippen LogP contribution is 2.57. The Labute approximate surface area is 128 Å². The zero-order valence-corrected chi connectivity index (χ0v) is 14.1. The van der Waals surface area contributed by atoms with E-state index in [0.29, 0.717) is 12.6 Å². The molecule has 0 bridgehead atoms. The van der Waals surface area contributed by atoms with Crippen molar-refractivity contribution in [3.8, 4) is 0 Å². The van der Waals surface area contributed by atoms with Gasteiger partial charge in [0.25, 0.3) is 0 Å². The standard InChI is InChI=1S/C16H31N3O2/c1-11(2)19(5)9-8-18-14(20)16(17)12-7-6-10-21-13(12)15(16,3)4/h11-13H,6-10,17H2,1-5H3,(H,18,20). The van der Waals surface area contributed by atoms with Crippen molar-refractivity contribution in [2.45, 2.75) is 58.2 Å². The van der Waals surface area contributed by atoms with Crippen LogP contribution in [0.1, 0.15) is 40.5 Å². The second-order valence-corrected chi connectivity index (χ2v) is 7.46. The molecule has 1 heterocycles. The van der Waals surface area contributed by atoms with Crippen LogP contribution in [0.5, 0.6) is 0 Å². The Hall–Kier alpha value is -0.650. The number of ether oxygens (including phenoxy) is 1. The van der Waals surface area contributed by atoms with Crippen LogP contribution in [0.4, 0.5) is 0 Å². The molecule has 3 atom stereocenters. The molecule has 21 heavy (non-hydrogen) atoms. The molecule has 122 valence electrons. The first-order chi connectivity index (χ1) is 9.73. The minimum Gasteiger partial charge on any atom is -0.377 e. The zero-order chi connectivity index (χ0) is 15.8. The van der Waals surface area contributed by atoms with Crippen molar-refractivity contribution in [2.75, 3.05) is 26.7 Å². The first-order valence-corrected chi connectivity index (χ1v) is 8.12. The smallest absolute Gasteiger partial charge is 0.241 e. The maximum absolute atomic E-state index is 12.7. The van der Waals surface area contributed by atoms with Crippen LogP contribution in [-0.2, 0) is 9.53 Å². The Morgan fingerprint density at radius 3 is 2.76 bits per heavy atom. The van der Waals surface area contributed by atoms with Crippen molar-refractivity contribution in [3.05, 3.63) is 0 Å². The van der Waals surface area contributed by atoms with Gasteiger partial charge in [-0.2, -0.15) is 0 Å². The molecule has 1 amide bonds. The molecule has 2 fully saturated rings. The minimum absolute atomic E-state index is 0.0172. The van der Waals surface area contributed by atoms with Gasteiger partial charge in [0.2, 0.25) is 5.91 Å². The van der Waals surface area contributed by atoms with E-state index in [4.69, 9.17) is 10.5 Å². The minimum atomic E-state index is -0.797. The molecule has 1 aliphatic heterocycles. The van der Waals surface area contributed by atoms with Crippen molar-refractivity contribution in [1.82, 2.24) is 10.2 Å². The number of rotatable bonds is 5. The topological polar surface area (TPSA) is 67.6 Å². The lowest BCUT2D eigenvalue weighted by Gasteiger charge is -2.65. The third kappa shape index (κ3) is 2.60. The summed E-state index contributed by atoms with van der Waals surface area (Å²) in [4.78, 5) is 14.9. The highest BCUT2D eigenvalue weighted by molar-refractivity contribution is 5.89. The molecular weight excluding hydrogens is 266 g/mol. The second kappa shape index (κ2) is 5.86. The SMILES string of the molecule is CC(C)N(C)CCNC(=O)C1(N)C2CCCOC2C1(C)C. The number of likely N-dealkylation sites (N-methyl/N-ethyl adjacent to an activating group) is 1. The van der Waals surface area contributed by atoms with E-state index < -0.39 is 5.54 Å². The molecule has 1 saturated heterocycles. The molecule has 1 saturated carbocycles. The van der Waals surface area contributed by atoms with Gasteiger partial charge in [0.15, 0.2) is 0 Å². The summed E-state index contributed by atoms with van der Waals surface area (Å²) >= 11 is 0. The molecule has 5 heteroatoms. The number of nitrogens with one attached hydrogen (secondary N) is 1.